The molecular weight excluding hydrogens is 582 g/mol. The number of halogens is 1. The molecule has 0 aliphatic rings. The number of rotatable bonds is 7. The second-order valence-corrected chi connectivity index (χ2v) is 11.7. The van der Waals surface area contributed by atoms with Crippen molar-refractivity contribution in [1.82, 2.24) is 3.97 Å². The predicted octanol–water partition coefficient (Wildman–Crippen LogP) is 9.98. The van der Waals surface area contributed by atoms with E-state index >= 15 is 0 Å². The molecule has 0 saturated heterocycles. The Morgan fingerprint density at radius 3 is 2.07 bits per heavy atom. The van der Waals surface area contributed by atoms with Crippen LogP contribution in [-0.2, 0) is 0 Å². The smallest absolute Gasteiger partial charge is 0.335 e. The second-order valence-electron chi connectivity index (χ2n) is 10.7. The molecule has 1 heterocycles. The molecule has 0 spiro atoms. The van der Waals surface area contributed by atoms with Crippen molar-refractivity contribution in [1.29, 1.82) is 10.5 Å². The Kier molecular flexibility index (Phi) is 7.96. The Hall–Kier alpha value is -5.63. The minimum Gasteiger partial charge on any atom is -0.478 e. The van der Waals surface area contributed by atoms with Gasteiger partial charge in [0.1, 0.15) is 6.17 Å². The molecule has 0 aliphatic heterocycles. The van der Waals surface area contributed by atoms with Gasteiger partial charge in [0.25, 0.3) is 0 Å². The zero-order valence-corrected chi connectivity index (χ0v) is 25.3. The van der Waals surface area contributed by atoms with Gasteiger partial charge in [0, 0.05) is 27.0 Å². The lowest BCUT2D eigenvalue weighted by Gasteiger charge is -2.15. The largest absolute Gasteiger partial charge is 0.478 e. The van der Waals surface area contributed by atoms with Crippen LogP contribution in [-0.4, -0.2) is 15.0 Å². The van der Waals surface area contributed by atoms with E-state index in [1.54, 1.807) is 54.6 Å². The van der Waals surface area contributed by atoms with Crippen LogP contribution < -0.4 is 0 Å². The van der Waals surface area contributed by atoms with Gasteiger partial charge in [-0.2, -0.15) is 10.5 Å². The monoisotopic (exact) mass is 607 g/mol. The first kappa shape index (κ1) is 29.4. The molecule has 0 bridgehead atoms. The fraction of sp³-hybridized carbons (Fsp3) is 0.0789. The lowest BCUT2D eigenvalue weighted by molar-refractivity contribution is 0.0697. The number of alkyl halides is 1. The third-order valence-corrected chi connectivity index (χ3v) is 8.82. The van der Waals surface area contributed by atoms with Crippen molar-refractivity contribution in [2.75, 3.05) is 0 Å². The van der Waals surface area contributed by atoms with Gasteiger partial charge in [0.05, 0.1) is 40.0 Å². The summed E-state index contributed by atoms with van der Waals surface area (Å²) in [5, 5.41) is 30.7. The van der Waals surface area contributed by atoms with E-state index in [1.165, 1.54) is 18.9 Å². The van der Waals surface area contributed by atoms with Crippen molar-refractivity contribution < 1.29 is 14.3 Å². The number of hydrogen-bond donors (Lipinski definition) is 1. The van der Waals surface area contributed by atoms with Gasteiger partial charge in [-0.15, -0.1) is 0 Å². The van der Waals surface area contributed by atoms with Gasteiger partial charge in [-0.1, -0.05) is 60.2 Å². The number of carbonyl (C=O) groups is 1. The van der Waals surface area contributed by atoms with Gasteiger partial charge < -0.3 is 5.11 Å². The molecule has 1 unspecified atom stereocenters. The van der Waals surface area contributed by atoms with Crippen molar-refractivity contribution in [2.45, 2.75) is 24.9 Å². The molecule has 0 amide bonds. The summed E-state index contributed by atoms with van der Waals surface area (Å²) in [5.41, 5.74) is 8.20. The van der Waals surface area contributed by atoms with Crippen molar-refractivity contribution in [3.63, 3.8) is 0 Å². The van der Waals surface area contributed by atoms with Crippen LogP contribution in [0.25, 0.3) is 44.4 Å². The summed E-state index contributed by atoms with van der Waals surface area (Å²) in [7, 11) is 0. The first-order valence-corrected chi connectivity index (χ1v) is 15.0. The number of nitrogens with zero attached hydrogens (tertiary/aromatic N) is 3. The molecule has 0 aliphatic carbocycles. The van der Waals surface area contributed by atoms with Crippen LogP contribution in [0.15, 0.2) is 114 Å². The van der Waals surface area contributed by atoms with E-state index < -0.39 is 12.1 Å². The number of benzene rings is 5. The molecule has 5 nitrogen and oxygen atoms in total. The third kappa shape index (κ3) is 5.58. The molecule has 1 atom stereocenters. The normalized spacial score (nSPS) is 11.6. The van der Waals surface area contributed by atoms with E-state index in [2.05, 4.69) is 22.2 Å². The SMILES string of the molecule is Cc1ccc2c(c1)c(-c1c(C#N)cccc1C#N)c(-c1cccc(-c3ccc(C(=O)O)cc3)c1)n2Sc1ccc(C(C)F)cc1. The Bertz CT molecular complexity index is 2140. The van der Waals surface area contributed by atoms with Crippen LogP contribution in [0.3, 0.4) is 0 Å². The average molecular weight is 608 g/mol. The summed E-state index contributed by atoms with van der Waals surface area (Å²) in [6.45, 7) is 3.52. The van der Waals surface area contributed by atoms with E-state index in [0.29, 0.717) is 22.3 Å². The van der Waals surface area contributed by atoms with E-state index in [-0.39, 0.29) is 5.56 Å². The van der Waals surface area contributed by atoms with Gasteiger partial charge in [-0.25, -0.2) is 9.18 Å². The fourth-order valence-corrected chi connectivity index (χ4v) is 6.56. The molecule has 0 radical (unpaired) electrons. The summed E-state index contributed by atoms with van der Waals surface area (Å²) in [5.74, 6) is -0.991. The molecule has 45 heavy (non-hydrogen) atoms. The summed E-state index contributed by atoms with van der Waals surface area (Å²) < 4.78 is 16.1. The number of aryl methyl sites for hydroxylation is 1. The zero-order chi connectivity index (χ0) is 31.7. The highest BCUT2D eigenvalue weighted by Gasteiger charge is 2.25. The highest BCUT2D eigenvalue weighted by Crippen LogP contribution is 2.47. The van der Waals surface area contributed by atoms with E-state index in [1.807, 2.05) is 55.5 Å². The van der Waals surface area contributed by atoms with Gasteiger partial charge in [-0.3, -0.25) is 3.97 Å². The molecule has 7 heteroatoms. The quantitative estimate of drug-likeness (QED) is 0.195. The van der Waals surface area contributed by atoms with Crippen molar-refractivity contribution >= 4 is 28.8 Å². The number of carboxylic acid groups (broad SMARTS) is 1. The highest BCUT2D eigenvalue weighted by molar-refractivity contribution is 7.98. The molecule has 218 valence electrons. The standard InChI is InChI=1S/C38H26FN3O2S/c1-23-9-18-34-33(19-23)36(35-30(21-40)7-4-8-31(35)22-41)37(42(34)45-32-16-14-25(15-17-32)24(2)39)29-6-3-5-28(20-29)26-10-12-27(13-11-26)38(43)44/h3-20,24H,1-2H3,(H,43,44). The first-order chi connectivity index (χ1) is 21.8. The summed E-state index contributed by atoms with van der Waals surface area (Å²) in [4.78, 5) is 12.3. The summed E-state index contributed by atoms with van der Waals surface area (Å²) in [6, 6.07) is 37.9. The molecular formula is C38H26FN3O2S. The van der Waals surface area contributed by atoms with E-state index in [0.717, 1.165) is 49.3 Å². The first-order valence-electron chi connectivity index (χ1n) is 14.2. The lowest BCUT2D eigenvalue weighted by Crippen LogP contribution is -1.96. The van der Waals surface area contributed by atoms with Gasteiger partial charge in [0.15, 0.2) is 0 Å². The topological polar surface area (TPSA) is 89.8 Å². The van der Waals surface area contributed by atoms with Crippen LogP contribution in [0.4, 0.5) is 4.39 Å². The maximum absolute atomic E-state index is 14.0. The minimum absolute atomic E-state index is 0.203. The number of fused-ring (bicyclic) bond motifs is 1. The van der Waals surface area contributed by atoms with Crippen LogP contribution >= 0.6 is 11.9 Å². The number of hydrogen-bond acceptors (Lipinski definition) is 4. The van der Waals surface area contributed by atoms with Crippen molar-refractivity contribution in [3.8, 4) is 45.6 Å². The number of aromatic carboxylic acids is 1. The Labute approximate surface area is 264 Å². The van der Waals surface area contributed by atoms with Crippen molar-refractivity contribution in [3.05, 3.63) is 137 Å². The number of nitriles is 2. The van der Waals surface area contributed by atoms with Gasteiger partial charge >= 0.3 is 5.97 Å². The van der Waals surface area contributed by atoms with Gasteiger partial charge in [-0.05, 0) is 97.1 Å². The Balaban J connectivity index is 1.67. The Morgan fingerprint density at radius 2 is 1.44 bits per heavy atom. The predicted molar refractivity (Wildman–Crippen MR) is 177 cm³/mol. The number of aromatic nitrogens is 1. The molecule has 6 rings (SSSR count). The van der Waals surface area contributed by atoms with Crippen LogP contribution in [0, 0.1) is 29.6 Å². The molecule has 0 saturated carbocycles. The molecule has 0 fully saturated rings. The van der Waals surface area contributed by atoms with E-state index in [9.17, 15) is 24.8 Å². The number of carboxylic acids is 1. The second kappa shape index (κ2) is 12.2. The summed E-state index contributed by atoms with van der Waals surface area (Å²) >= 11 is 1.48. The van der Waals surface area contributed by atoms with Crippen LogP contribution in [0.2, 0.25) is 0 Å². The zero-order valence-electron chi connectivity index (χ0n) is 24.5. The highest BCUT2D eigenvalue weighted by atomic mass is 32.2. The maximum atomic E-state index is 14.0. The summed E-state index contributed by atoms with van der Waals surface area (Å²) in [6.07, 6.45) is -1.08. The third-order valence-electron chi connectivity index (χ3n) is 7.77. The average Bonchev–Trinajstić information content (AvgIpc) is 3.36. The fourth-order valence-electron chi connectivity index (χ4n) is 5.54. The maximum Gasteiger partial charge on any atom is 0.335 e. The van der Waals surface area contributed by atoms with Crippen LogP contribution in [0.5, 0.6) is 0 Å². The van der Waals surface area contributed by atoms with Gasteiger partial charge in [0.2, 0.25) is 0 Å². The van der Waals surface area contributed by atoms with E-state index in [4.69, 9.17) is 0 Å². The molecule has 1 N–H and O–H groups in total. The van der Waals surface area contributed by atoms with Crippen LogP contribution in [0.1, 0.15) is 45.7 Å². The van der Waals surface area contributed by atoms with Crippen molar-refractivity contribution in [2.24, 2.45) is 0 Å². The molecule has 6 aromatic rings. The minimum atomic E-state index is -1.08. The Morgan fingerprint density at radius 1 is 0.800 bits per heavy atom. The lowest BCUT2D eigenvalue weighted by atomic mass is 9.90. The molecule has 5 aromatic carbocycles. The molecule has 1 aromatic heterocycles.